The van der Waals surface area contributed by atoms with Crippen LogP contribution in [0.5, 0.6) is 0 Å². The Morgan fingerprint density at radius 3 is 2.31 bits per heavy atom. The number of nitrogens with zero attached hydrogens (tertiary/aromatic N) is 2. The van der Waals surface area contributed by atoms with E-state index in [1.807, 2.05) is 20.9 Å². The van der Waals surface area contributed by atoms with Crippen LogP contribution in [0.3, 0.4) is 0 Å². The van der Waals surface area contributed by atoms with E-state index in [1.54, 1.807) is 0 Å². The molecule has 152 valence electrons. The maximum absolute atomic E-state index is 11.6. The predicted molar refractivity (Wildman–Crippen MR) is 117 cm³/mol. The van der Waals surface area contributed by atoms with Gasteiger partial charge in [-0.15, -0.1) is 24.0 Å². The predicted octanol–water partition coefficient (Wildman–Crippen LogP) is 2.62. The molecule has 6 nitrogen and oxygen atoms in total. The van der Waals surface area contributed by atoms with Crippen LogP contribution in [0.2, 0.25) is 0 Å². The standard InChI is InChI=1S/C19H36N4O2.HI/c1-15(2)18(24)21-10-11-22-19(20-3)23-12-8-17(9-13-23)25-14-16-6-4-5-7-16;/h15-17H,4-14H2,1-3H3,(H,20,22)(H,21,24);1H. The number of halogens is 1. The molecule has 0 bridgehead atoms. The molecule has 1 heterocycles. The molecule has 0 spiro atoms. The van der Waals surface area contributed by atoms with Crippen molar-refractivity contribution in [1.29, 1.82) is 0 Å². The van der Waals surface area contributed by atoms with Crippen molar-refractivity contribution < 1.29 is 9.53 Å². The minimum atomic E-state index is 0. The van der Waals surface area contributed by atoms with Gasteiger partial charge in [0.05, 0.1) is 6.10 Å². The van der Waals surface area contributed by atoms with Crippen LogP contribution >= 0.6 is 24.0 Å². The van der Waals surface area contributed by atoms with Crippen LogP contribution in [0, 0.1) is 11.8 Å². The number of carbonyl (C=O) groups excluding carboxylic acids is 1. The number of carbonyl (C=O) groups is 1. The quantitative estimate of drug-likeness (QED) is 0.255. The van der Waals surface area contributed by atoms with Gasteiger partial charge in [0.25, 0.3) is 0 Å². The Morgan fingerprint density at radius 2 is 1.73 bits per heavy atom. The van der Waals surface area contributed by atoms with E-state index in [0.717, 1.165) is 44.4 Å². The van der Waals surface area contributed by atoms with Crippen molar-refractivity contribution in [3.63, 3.8) is 0 Å². The van der Waals surface area contributed by atoms with Crippen LogP contribution in [0.15, 0.2) is 4.99 Å². The third-order valence-electron chi connectivity index (χ3n) is 5.23. The molecule has 1 saturated carbocycles. The molecule has 1 aliphatic heterocycles. The first-order valence-electron chi connectivity index (χ1n) is 9.95. The molecule has 0 aromatic carbocycles. The van der Waals surface area contributed by atoms with Gasteiger partial charge in [-0.25, -0.2) is 0 Å². The lowest BCUT2D eigenvalue weighted by Gasteiger charge is -2.34. The fourth-order valence-electron chi connectivity index (χ4n) is 3.58. The largest absolute Gasteiger partial charge is 0.378 e. The molecule has 2 rings (SSSR count). The second-order valence-corrected chi connectivity index (χ2v) is 7.59. The molecular weight excluding hydrogens is 443 g/mol. The van der Waals surface area contributed by atoms with Gasteiger partial charge in [-0.05, 0) is 31.6 Å². The fraction of sp³-hybridized carbons (Fsp3) is 0.895. The molecule has 2 N–H and O–H groups in total. The van der Waals surface area contributed by atoms with Crippen LogP contribution in [0.25, 0.3) is 0 Å². The number of aliphatic imine (C=N–C) groups is 1. The normalized spacial score (nSPS) is 19.5. The van der Waals surface area contributed by atoms with E-state index >= 15 is 0 Å². The first-order valence-corrected chi connectivity index (χ1v) is 9.95. The lowest BCUT2D eigenvalue weighted by atomic mass is 10.1. The maximum atomic E-state index is 11.6. The first kappa shape index (κ1) is 23.5. The molecule has 0 unspecified atom stereocenters. The molecular formula is C19H37IN4O2. The molecule has 2 fully saturated rings. The number of amides is 1. The van der Waals surface area contributed by atoms with Crippen molar-refractivity contribution in [2.75, 3.05) is 39.8 Å². The lowest BCUT2D eigenvalue weighted by Crippen LogP contribution is -2.48. The number of hydrogen-bond acceptors (Lipinski definition) is 3. The summed E-state index contributed by atoms with van der Waals surface area (Å²) in [6.45, 7) is 8.04. The monoisotopic (exact) mass is 480 g/mol. The van der Waals surface area contributed by atoms with Gasteiger partial charge < -0.3 is 20.3 Å². The van der Waals surface area contributed by atoms with Crippen molar-refractivity contribution in [1.82, 2.24) is 15.5 Å². The van der Waals surface area contributed by atoms with Crippen molar-refractivity contribution in [3.05, 3.63) is 0 Å². The van der Waals surface area contributed by atoms with Crippen LogP contribution in [-0.4, -0.2) is 62.7 Å². The zero-order valence-electron chi connectivity index (χ0n) is 16.6. The number of likely N-dealkylation sites (tertiary alicyclic amines) is 1. The number of hydrogen-bond donors (Lipinski definition) is 2. The van der Waals surface area contributed by atoms with Crippen molar-refractivity contribution in [3.8, 4) is 0 Å². The molecule has 0 aromatic rings. The second kappa shape index (κ2) is 12.8. The summed E-state index contributed by atoms with van der Waals surface area (Å²) >= 11 is 0. The molecule has 0 radical (unpaired) electrons. The summed E-state index contributed by atoms with van der Waals surface area (Å²) in [6, 6.07) is 0. The lowest BCUT2D eigenvalue weighted by molar-refractivity contribution is -0.123. The topological polar surface area (TPSA) is 66.0 Å². The van der Waals surface area contributed by atoms with Crippen LogP contribution in [-0.2, 0) is 9.53 Å². The molecule has 0 aromatic heterocycles. The van der Waals surface area contributed by atoms with Crippen LogP contribution in [0.4, 0.5) is 0 Å². The van der Waals surface area contributed by atoms with Gasteiger partial charge >= 0.3 is 0 Å². The number of rotatable bonds is 7. The summed E-state index contributed by atoms with van der Waals surface area (Å²) < 4.78 is 6.14. The van der Waals surface area contributed by atoms with Crippen LogP contribution in [0.1, 0.15) is 52.4 Å². The van der Waals surface area contributed by atoms with Gasteiger partial charge in [0.1, 0.15) is 0 Å². The number of piperidine rings is 1. The fourth-order valence-corrected chi connectivity index (χ4v) is 3.58. The van der Waals surface area contributed by atoms with E-state index in [4.69, 9.17) is 4.74 Å². The summed E-state index contributed by atoms with van der Waals surface area (Å²) in [5.74, 6) is 1.85. The zero-order valence-corrected chi connectivity index (χ0v) is 19.0. The van der Waals surface area contributed by atoms with Crippen molar-refractivity contribution >= 4 is 35.8 Å². The summed E-state index contributed by atoms with van der Waals surface area (Å²) in [6.07, 6.45) is 8.00. The van der Waals surface area contributed by atoms with Crippen LogP contribution < -0.4 is 10.6 Å². The Labute approximate surface area is 175 Å². The highest BCUT2D eigenvalue weighted by atomic mass is 127. The summed E-state index contributed by atoms with van der Waals surface area (Å²) in [5.41, 5.74) is 0. The highest BCUT2D eigenvalue weighted by molar-refractivity contribution is 14.0. The second-order valence-electron chi connectivity index (χ2n) is 7.59. The van der Waals surface area contributed by atoms with Crippen molar-refractivity contribution in [2.45, 2.75) is 58.5 Å². The van der Waals surface area contributed by atoms with Gasteiger partial charge in [-0.3, -0.25) is 9.79 Å². The first-order chi connectivity index (χ1) is 12.1. The minimum absolute atomic E-state index is 0. The molecule has 26 heavy (non-hydrogen) atoms. The Bertz CT molecular complexity index is 431. The third-order valence-corrected chi connectivity index (χ3v) is 5.23. The highest BCUT2D eigenvalue weighted by Gasteiger charge is 2.23. The van der Waals surface area contributed by atoms with Gasteiger partial charge in [-0.1, -0.05) is 26.7 Å². The van der Waals surface area contributed by atoms with E-state index < -0.39 is 0 Å². The Morgan fingerprint density at radius 1 is 1.12 bits per heavy atom. The SMILES string of the molecule is CN=C(NCCNC(=O)C(C)C)N1CCC(OCC2CCCC2)CC1.I. The summed E-state index contributed by atoms with van der Waals surface area (Å²) in [7, 11) is 1.82. The molecule has 1 aliphatic carbocycles. The smallest absolute Gasteiger partial charge is 0.222 e. The van der Waals surface area contributed by atoms with Gasteiger partial charge in [-0.2, -0.15) is 0 Å². The maximum Gasteiger partial charge on any atom is 0.222 e. The molecule has 0 atom stereocenters. The number of nitrogens with one attached hydrogen (secondary N) is 2. The third kappa shape index (κ3) is 7.98. The molecule has 1 saturated heterocycles. The average Bonchev–Trinajstić information content (AvgIpc) is 3.14. The Hall–Kier alpha value is -0.570. The van der Waals surface area contributed by atoms with E-state index in [2.05, 4.69) is 20.5 Å². The van der Waals surface area contributed by atoms with E-state index in [9.17, 15) is 4.79 Å². The average molecular weight is 480 g/mol. The molecule has 7 heteroatoms. The van der Waals surface area contributed by atoms with Gasteiger partial charge in [0.15, 0.2) is 5.96 Å². The minimum Gasteiger partial charge on any atom is -0.378 e. The summed E-state index contributed by atoms with van der Waals surface area (Å²) in [5, 5.41) is 6.27. The van der Waals surface area contributed by atoms with Crippen molar-refractivity contribution in [2.24, 2.45) is 16.8 Å². The Kier molecular flexibility index (Phi) is 11.5. The number of guanidine groups is 1. The van der Waals surface area contributed by atoms with Gasteiger partial charge in [0.2, 0.25) is 5.91 Å². The molecule has 2 aliphatic rings. The molecule has 1 amide bonds. The van der Waals surface area contributed by atoms with E-state index in [0.29, 0.717) is 19.2 Å². The number of ether oxygens (including phenoxy) is 1. The zero-order chi connectivity index (χ0) is 18.1. The van der Waals surface area contributed by atoms with Gasteiger partial charge in [0, 0.05) is 45.8 Å². The highest BCUT2D eigenvalue weighted by Crippen LogP contribution is 2.26. The van der Waals surface area contributed by atoms with E-state index in [1.165, 1.54) is 25.7 Å². The summed E-state index contributed by atoms with van der Waals surface area (Å²) in [4.78, 5) is 18.2. The van der Waals surface area contributed by atoms with E-state index in [-0.39, 0.29) is 35.8 Å². The Balaban J connectivity index is 0.00000338.